The molecule has 0 saturated heterocycles. The Balaban J connectivity index is 2.81. The molecule has 0 spiro atoms. The Morgan fingerprint density at radius 3 is 2.14 bits per heavy atom. The molecule has 162 valence electrons. The summed E-state index contributed by atoms with van der Waals surface area (Å²) in [6.45, 7) is 8.77. The van der Waals surface area contributed by atoms with Gasteiger partial charge in [0.2, 0.25) is 5.60 Å². The number of rotatable bonds is 8. The number of esters is 2. The van der Waals surface area contributed by atoms with Crippen LogP contribution >= 0.6 is 0 Å². The van der Waals surface area contributed by atoms with Gasteiger partial charge in [-0.2, -0.15) is 0 Å². The molecule has 0 radical (unpaired) electrons. The van der Waals surface area contributed by atoms with Crippen molar-refractivity contribution in [1.29, 1.82) is 0 Å². The second kappa shape index (κ2) is 10.2. The number of ether oxygens (including phenoxy) is 3. The maximum Gasteiger partial charge on any atom is 0.407 e. The molecule has 0 aliphatic heterocycles. The SMILES string of the molecule is CC(=O)OC(C)(C)C(=O)OC[C@@H](O)[C@H](Cc1ccccc1)NC(=O)OC(C)(C)C. The third-order valence-corrected chi connectivity index (χ3v) is 3.74. The zero-order valence-electron chi connectivity index (χ0n) is 17.9. The molecule has 0 unspecified atom stereocenters. The van der Waals surface area contributed by atoms with Crippen molar-refractivity contribution in [2.24, 2.45) is 0 Å². The van der Waals surface area contributed by atoms with E-state index in [1.54, 1.807) is 20.8 Å². The zero-order chi connectivity index (χ0) is 22.2. The summed E-state index contributed by atoms with van der Waals surface area (Å²) in [6, 6.07) is 8.48. The molecule has 0 aliphatic rings. The van der Waals surface area contributed by atoms with Gasteiger partial charge in [0, 0.05) is 6.92 Å². The molecule has 0 bridgehead atoms. The Labute approximate surface area is 171 Å². The van der Waals surface area contributed by atoms with Crippen LogP contribution in [-0.4, -0.2) is 53.1 Å². The molecular weight excluding hydrogens is 378 g/mol. The summed E-state index contributed by atoms with van der Waals surface area (Å²) in [4.78, 5) is 35.5. The van der Waals surface area contributed by atoms with Crippen molar-refractivity contribution in [2.75, 3.05) is 6.61 Å². The fourth-order valence-corrected chi connectivity index (χ4v) is 2.46. The van der Waals surface area contributed by atoms with E-state index in [4.69, 9.17) is 14.2 Å². The maximum absolute atomic E-state index is 12.2. The molecule has 8 heteroatoms. The Kier molecular flexibility index (Phi) is 8.63. The largest absolute Gasteiger partial charge is 0.460 e. The molecule has 0 aromatic heterocycles. The van der Waals surface area contributed by atoms with Crippen molar-refractivity contribution in [2.45, 2.75) is 71.3 Å². The number of nitrogens with one attached hydrogen (secondary N) is 1. The first kappa shape index (κ1) is 24.4. The predicted octanol–water partition coefficient (Wildman–Crippen LogP) is 2.37. The Bertz CT molecular complexity index is 695. The number of hydrogen-bond acceptors (Lipinski definition) is 7. The van der Waals surface area contributed by atoms with Crippen LogP contribution in [0.1, 0.15) is 47.1 Å². The molecule has 2 N–H and O–H groups in total. The van der Waals surface area contributed by atoms with Crippen molar-refractivity contribution < 1.29 is 33.7 Å². The Morgan fingerprint density at radius 1 is 1.03 bits per heavy atom. The molecule has 0 saturated carbocycles. The molecule has 29 heavy (non-hydrogen) atoms. The van der Waals surface area contributed by atoms with Gasteiger partial charge in [-0.15, -0.1) is 0 Å². The van der Waals surface area contributed by atoms with Gasteiger partial charge >= 0.3 is 18.0 Å². The van der Waals surface area contributed by atoms with Crippen LogP contribution in [-0.2, 0) is 30.2 Å². The summed E-state index contributed by atoms with van der Waals surface area (Å²) in [5.41, 5.74) is -1.31. The van der Waals surface area contributed by atoms with Gasteiger partial charge in [-0.05, 0) is 46.6 Å². The third-order valence-electron chi connectivity index (χ3n) is 3.74. The maximum atomic E-state index is 12.2. The molecule has 1 aromatic carbocycles. The number of aliphatic hydroxyl groups is 1. The molecule has 0 heterocycles. The van der Waals surface area contributed by atoms with E-state index in [0.717, 1.165) is 5.56 Å². The molecule has 1 aromatic rings. The lowest BCUT2D eigenvalue weighted by Gasteiger charge is -2.28. The number of benzene rings is 1. The minimum Gasteiger partial charge on any atom is -0.460 e. The second-order valence-electron chi connectivity index (χ2n) is 8.21. The molecule has 0 aliphatic carbocycles. The van der Waals surface area contributed by atoms with Crippen LogP contribution in [0, 0.1) is 0 Å². The molecule has 1 rings (SSSR count). The van der Waals surface area contributed by atoms with E-state index in [2.05, 4.69) is 5.32 Å². The number of amides is 1. The normalized spacial score (nSPS) is 13.8. The lowest BCUT2D eigenvalue weighted by Crippen LogP contribution is -2.49. The van der Waals surface area contributed by atoms with E-state index in [-0.39, 0.29) is 0 Å². The average molecular weight is 409 g/mol. The Hall–Kier alpha value is -2.61. The van der Waals surface area contributed by atoms with E-state index in [1.165, 1.54) is 20.8 Å². The summed E-state index contributed by atoms with van der Waals surface area (Å²) in [6.07, 6.45) is -1.60. The van der Waals surface area contributed by atoms with Gasteiger partial charge in [0.25, 0.3) is 0 Å². The van der Waals surface area contributed by atoms with Gasteiger partial charge in [-0.25, -0.2) is 9.59 Å². The van der Waals surface area contributed by atoms with Crippen molar-refractivity contribution in [3.8, 4) is 0 Å². The summed E-state index contributed by atoms with van der Waals surface area (Å²) in [7, 11) is 0. The predicted molar refractivity (Wildman–Crippen MR) is 106 cm³/mol. The highest BCUT2D eigenvalue weighted by Gasteiger charge is 2.34. The van der Waals surface area contributed by atoms with Crippen LogP contribution in [0.3, 0.4) is 0 Å². The first-order valence-corrected chi connectivity index (χ1v) is 9.38. The number of hydrogen-bond donors (Lipinski definition) is 2. The fourth-order valence-electron chi connectivity index (χ4n) is 2.46. The lowest BCUT2D eigenvalue weighted by molar-refractivity contribution is -0.179. The van der Waals surface area contributed by atoms with E-state index < -0.39 is 48.0 Å². The quantitative estimate of drug-likeness (QED) is 0.501. The highest BCUT2D eigenvalue weighted by atomic mass is 16.6. The monoisotopic (exact) mass is 409 g/mol. The van der Waals surface area contributed by atoms with Crippen LogP contribution in [0.2, 0.25) is 0 Å². The smallest absolute Gasteiger partial charge is 0.407 e. The first-order valence-electron chi connectivity index (χ1n) is 9.38. The van der Waals surface area contributed by atoms with Crippen molar-refractivity contribution in [3.05, 3.63) is 35.9 Å². The van der Waals surface area contributed by atoms with Crippen LogP contribution in [0.5, 0.6) is 0 Å². The van der Waals surface area contributed by atoms with E-state index in [1.807, 2.05) is 30.3 Å². The summed E-state index contributed by atoms with van der Waals surface area (Å²) >= 11 is 0. The van der Waals surface area contributed by atoms with E-state index >= 15 is 0 Å². The van der Waals surface area contributed by atoms with E-state index in [9.17, 15) is 19.5 Å². The summed E-state index contributed by atoms with van der Waals surface area (Å²) in [5.74, 6) is -1.43. The van der Waals surface area contributed by atoms with Gasteiger partial charge in [-0.1, -0.05) is 30.3 Å². The molecule has 1 amide bonds. The minimum absolute atomic E-state index is 0.298. The Morgan fingerprint density at radius 2 is 1.62 bits per heavy atom. The number of carbonyl (C=O) groups excluding carboxylic acids is 3. The van der Waals surface area contributed by atoms with Crippen molar-refractivity contribution >= 4 is 18.0 Å². The van der Waals surface area contributed by atoms with Gasteiger partial charge in [0.05, 0.1) is 6.04 Å². The summed E-state index contributed by atoms with van der Waals surface area (Å²) < 4.78 is 15.3. The van der Waals surface area contributed by atoms with Crippen molar-refractivity contribution in [3.63, 3.8) is 0 Å². The lowest BCUT2D eigenvalue weighted by atomic mass is 10.0. The van der Waals surface area contributed by atoms with Gasteiger partial charge < -0.3 is 24.6 Å². The first-order chi connectivity index (χ1) is 13.3. The summed E-state index contributed by atoms with van der Waals surface area (Å²) in [5, 5.41) is 13.2. The highest BCUT2D eigenvalue weighted by Crippen LogP contribution is 2.14. The van der Waals surface area contributed by atoms with Crippen LogP contribution in [0.4, 0.5) is 4.79 Å². The zero-order valence-corrected chi connectivity index (χ0v) is 17.9. The number of aliphatic hydroxyl groups excluding tert-OH is 1. The van der Waals surface area contributed by atoms with E-state index in [0.29, 0.717) is 6.42 Å². The standard InChI is InChI=1S/C21H31NO7/c1-14(23)28-21(5,6)18(25)27-13-17(24)16(12-15-10-8-7-9-11-15)22-19(26)29-20(2,3)4/h7-11,16-17,24H,12-13H2,1-6H3,(H,22,26)/t16-,17+/m0/s1. The number of alkyl carbamates (subject to hydrolysis) is 1. The van der Waals surface area contributed by atoms with Crippen LogP contribution < -0.4 is 5.32 Å². The van der Waals surface area contributed by atoms with Crippen LogP contribution in [0.15, 0.2) is 30.3 Å². The second-order valence-corrected chi connectivity index (χ2v) is 8.21. The highest BCUT2D eigenvalue weighted by molar-refractivity contribution is 5.82. The topological polar surface area (TPSA) is 111 Å². The molecular formula is C21H31NO7. The van der Waals surface area contributed by atoms with Crippen molar-refractivity contribution in [1.82, 2.24) is 5.32 Å². The number of carbonyl (C=O) groups is 3. The molecule has 0 fully saturated rings. The third kappa shape index (κ3) is 9.43. The van der Waals surface area contributed by atoms with Gasteiger partial charge in [0.1, 0.15) is 18.3 Å². The average Bonchev–Trinajstić information content (AvgIpc) is 2.56. The molecule has 2 atom stereocenters. The van der Waals surface area contributed by atoms with Gasteiger partial charge in [0.15, 0.2) is 0 Å². The van der Waals surface area contributed by atoms with Gasteiger partial charge in [-0.3, -0.25) is 4.79 Å². The fraction of sp³-hybridized carbons (Fsp3) is 0.571. The van der Waals surface area contributed by atoms with Crippen LogP contribution in [0.25, 0.3) is 0 Å². The minimum atomic E-state index is -1.49. The molecule has 8 nitrogen and oxygen atoms in total.